The second-order valence-corrected chi connectivity index (χ2v) is 3.08. The van der Waals surface area contributed by atoms with E-state index >= 15 is 0 Å². The van der Waals surface area contributed by atoms with Crippen molar-refractivity contribution in [2.24, 2.45) is 0 Å². The van der Waals surface area contributed by atoms with E-state index in [0.29, 0.717) is 5.56 Å². The van der Waals surface area contributed by atoms with Crippen LogP contribution in [-0.4, -0.2) is 5.78 Å². The SMILES string of the molecule is Nc1ccc(C(=O)c2ccoc2)cc1F. The molecule has 1 aromatic carbocycles. The summed E-state index contributed by atoms with van der Waals surface area (Å²) in [7, 11) is 0. The monoisotopic (exact) mass is 205 g/mol. The number of nitrogen functional groups attached to an aromatic ring is 1. The number of hydrogen-bond donors (Lipinski definition) is 1. The topological polar surface area (TPSA) is 56.2 Å². The molecule has 2 N–H and O–H groups in total. The van der Waals surface area contributed by atoms with E-state index in [1.165, 1.54) is 30.7 Å². The summed E-state index contributed by atoms with van der Waals surface area (Å²) < 4.78 is 17.9. The van der Waals surface area contributed by atoms with E-state index in [1.807, 2.05) is 0 Å². The molecule has 2 rings (SSSR count). The number of rotatable bonds is 2. The van der Waals surface area contributed by atoms with E-state index < -0.39 is 5.82 Å². The molecular formula is C11H8FNO2. The normalized spacial score (nSPS) is 10.2. The minimum Gasteiger partial charge on any atom is -0.472 e. The van der Waals surface area contributed by atoms with Gasteiger partial charge in [-0.3, -0.25) is 4.79 Å². The Balaban J connectivity index is 2.39. The molecule has 4 heteroatoms. The molecule has 0 fully saturated rings. The molecule has 0 bridgehead atoms. The van der Waals surface area contributed by atoms with Crippen molar-refractivity contribution in [3.8, 4) is 0 Å². The Hall–Kier alpha value is -2.10. The third kappa shape index (κ3) is 1.74. The van der Waals surface area contributed by atoms with Crippen LogP contribution in [0, 0.1) is 5.82 Å². The zero-order valence-electron chi connectivity index (χ0n) is 7.74. The molecule has 0 aliphatic heterocycles. The van der Waals surface area contributed by atoms with Crippen molar-refractivity contribution in [2.75, 3.05) is 5.73 Å². The van der Waals surface area contributed by atoms with Crippen LogP contribution >= 0.6 is 0 Å². The first-order chi connectivity index (χ1) is 7.18. The number of carbonyl (C=O) groups excluding carboxylic acids is 1. The Bertz CT molecular complexity index is 491. The summed E-state index contributed by atoms with van der Waals surface area (Å²) in [6, 6.07) is 5.48. The lowest BCUT2D eigenvalue weighted by molar-refractivity contribution is 0.103. The third-order valence-electron chi connectivity index (χ3n) is 2.05. The Morgan fingerprint density at radius 1 is 1.27 bits per heavy atom. The highest BCUT2D eigenvalue weighted by atomic mass is 19.1. The van der Waals surface area contributed by atoms with Gasteiger partial charge in [-0.15, -0.1) is 0 Å². The standard InChI is InChI=1S/C11H8FNO2/c12-9-5-7(1-2-10(9)13)11(14)8-3-4-15-6-8/h1-6H,13H2. The number of benzene rings is 1. The smallest absolute Gasteiger partial charge is 0.196 e. The molecule has 0 aliphatic carbocycles. The van der Waals surface area contributed by atoms with E-state index in [2.05, 4.69) is 0 Å². The molecule has 76 valence electrons. The molecule has 0 unspecified atom stereocenters. The zero-order chi connectivity index (χ0) is 10.8. The van der Waals surface area contributed by atoms with Crippen LogP contribution in [0.5, 0.6) is 0 Å². The van der Waals surface area contributed by atoms with Crippen LogP contribution in [-0.2, 0) is 0 Å². The minimum atomic E-state index is -0.593. The van der Waals surface area contributed by atoms with Crippen LogP contribution < -0.4 is 5.73 Å². The van der Waals surface area contributed by atoms with E-state index in [-0.39, 0.29) is 17.0 Å². The maximum Gasteiger partial charge on any atom is 0.196 e. The van der Waals surface area contributed by atoms with Crippen LogP contribution in [0.1, 0.15) is 15.9 Å². The van der Waals surface area contributed by atoms with Crippen molar-refractivity contribution in [1.82, 2.24) is 0 Å². The van der Waals surface area contributed by atoms with Crippen molar-refractivity contribution in [1.29, 1.82) is 0 Å². The van der Waals surface area contributed by atoms with Gasteiger partial charge in [-0.2, -0.15) is 0 Å². The van der Waals surface area contributed by atoms with E-state index in [9.17, 15) is 9.18 Å². The molecule has 0 radical (unpaired) electrons. The summed E-state index contributed by atoms with van der Waals surface area (Å²) in [6.07, 6.45) is 2.71. The molecule has 0 saturated carbocycles. The van der Waals surface area contributed by atoms with Crippen LogP contribution in [0.3, 0.4) is 0 Å². The Kier molecular flexibility index (Phi) is 2.25. The fourth-order valence-electron chi connectivity index (χ4n) is 1.23. The van der Waals surface area contributed by atoms with Crippen LogP contribution in [0.15, 0.2) is 41.2 Å². The molecule has 0 spiro atoms. The fraction of sp³-hybridized carbons (Fsp3) is 0. The number of nitrogens with two attached hydrogens (primary N) is 1. The van der Waals surface area contributed by atoms with Crippen molar-refractivity contribution < 1.29 is 13.6 Å². The average molecular weight is 205 g/mol. The van der Waals surface area contributed by atoms with Gasteiger partial charge in [0.05, 0.1) is 17.5 Å². The van der Waals surface area contributed by atoms with Gasteiger partial charge < -0.3 is 10.2 Å². The lowest BCUT2D eigenvalue weighted by Crippen LogP contribution is -2.01. The fourth-order valence-corrected chi connectivity index (χ4v) is 1.23. The lowest BCUT2D eigenvalue weighted by atomic mass is 10.1. The average Bonchev–Trinajstić information content (AvgIpc) is 2.74. The molecule has 3 nitrogen and oxygen atoms in total. The van der Waals surface area contributed by atoms with Crippen LogP contribution in [0.2, 0.25) is 0 Å². The van der Waals surface area contributed by atoms with Gasteiger partial charge in [-0.05, 0) is 24.3 Å². The van der Waals surface area contributed by atoms with Gasteiger partial charge in [0.25, 0.3) is 0 Å². The Morgan fingerprint density at radius 3 is 2.67 bits per heavy atom. The minimum absolute atomic E-state index is 0.0266. The first kappa shape index (κ1) is 9.45. The second kappa shape index (κ2) is 3.57. The van der Waals surface area contributed by atoms with Gasteiger partial charge in [-0.1, -0.05) is 0 Å². The van der Waals surface area contributed by atoms with Gasteiger partial charge in [0, 0.05) is 5.56 Å². The van der Waals surface area contributed by atoms with Crippen LogP contribution in [0.4, 0.5) is 10.1 Å². The van der Waals surface area contributed by atoms with Crippen molar-refractivity contribution in [3.63, 3.8) is 0 Å². The van der Waals surface area contributed by atoms with Gasteiger partial charge in [0.1, 0.15) is 12.1 Å². The van der Waals surface area contributed by atoms with Gasteiger partial charge in [0.2, 0.25) is 0 Å². The highest BCUT2D eigenvalue weighted by Gasteiger charge is 2.11. The maximum atomic E-state index is 13.1. The number of halogens is 1. The molecule has 0 aliphatic rings. The molecule has 0 atom stereocenters. The number of furan rings is 1. The third-order valence-corrected chi connectivity index (χ3v) is 2.05. The number of hydrogen-bond acceptors (Lipinski definition) is 3. The van der Waals surface area contributed by atoms with Gasteiger partial charge in [-0.25, -0.2) is 4.39 Å². The summed E-state index contributed by atoms with van der Waals surface area (Å²) in [5.74, 6) is -0.882. The van der Waals surface area contributed by atoms with Crippen molar-refractivity contribution >= 4 is 11.5 Å². The summed E-state index contributed by atoms with van der Waals surface area (Å²) in [5.41, 5.74) is 5.97. The highest BCUT2D eigenvalue weighted by Crippen LogP contribution is 2.15. The quantitative estimate of drug-likeness (QED) is 0.604. The number of ketones is 1. The van der Waals surface area contributed by atoms with Gasteiger partial charge in [0.15, 0.2) is 5.78 Å². The maximum absolute atomic E-state index is 13.1. The lowest BCUT2D eigenvalue weighted by Gasteiger charge is -2.00. The molecule has 15 heavy (non-hydrogen) atoms. The summed E-state index contributed by atoms with van der Waals surface area (Å²) >= 11 is 0. The van der Waals surface area contributed by atoms with Crippen molar-refractivity contribution in [3.05, 3.63) is 53.7 Å². The van der Waals surface area contributed by atoms with E-state index in [4.69, 9.17) is 10.2 Å². The van der Waals surface area contributed by atoms with Crippen molar-refractivity contribution in [2.45, 2.75) is 0 Å². The Labute approximate surface area is 85.3 Å². The molecular weight excluding hydrogens is 197 g/mol. The van der Waals surface area contributed by atoms with Crippen LogP contribution in [0.25, 0.3) is 0 Å². The predicted molar refractivity (Wildman–Crippen MR) is 53.0 cm³/mol. The second-order valence-electron chi connectivity index (χ2n) is 3.08. The highest BCUT2D eigenvalue weighted by molar-refractivity contribution is 6.08. The summed E-state index contributed by atoms with van der Waals surface area (Å²) in [6.45, 7) is 0. The summed E-state index contributed by atoms with van der Waals surface area (Å²) in [4.78, 5) is 11.7. The predicted octanol–water partition coefficient (Wildman–Crippen LogP) is 2.23. The number of anilines is 1. The van der Waals surface area contributed by atoms with Gasteiger partial charge >= 0.3 is 0 Å². The molecule has 0 saturated heterocycles. The molecule has 2 aromatic rings. The largest absolute Gasteiger partial charge is 0.472 e. The molecule has 0 amide bonds. The molecule has 1 aromatic heterocycles. The first-order valence-electron chi connectivity index (χ1n) is 4.30. The summed E-state index contributed by atoms with van der Waals surface area (Å²) in [5, 5.41) is 0. The van der Waals surface area contributed by atoms with E-state index in [0.717, 1.165) is 6.07 Å². The number of carbonyl (C=O) groups is 1. The Morgan fingerprint density at radius 2 is 2.07 bits per heavy atom. The molecule has 1 heterocycles. The zero-order valence-corrected chi connectivity index (χ0v) is 7.74. The first-order valence-corrected chi connectivity index (χ1v) is 4.30. The van der Waals surface area contributed by atoms with E-state index in [1.54, 1.807) is 0 Å².